The van der Waals surface area contributed by atoms with Crippen molar-refractivity contribution in [1.82, 2.24) is 20.4 Å². The second-order valence-electron chi connectivity index (χ2n) is 17.3. The summed E-state index contributed by atoms with van der Waals surface area (Å²) in [4.78, 5) is 5.01. The predicted molar refractivity (Wildman–Crippen MR) is 176 cm³/mol. The normalized spacial score (nSPS) is 31.5. The highest BCUT2D eigenvalue weighted by Crippen LogP contribution is 2.43. The van der Waals surface area contributed by atoms with Crippen LogP contribution >= 0.6 is 0 Å². The van der Waals surface area contributed by atoms with Crippen molar-refractivity contribution in [3.05, 3.63) is 0 Å². The van der Waals surface area contributed by atoms with E-state index in [2.05, 4.69) is 111 Å². The van der Waals surface area contributed by atoms with Crippen LogP contribution in [0.3, 0.4) is 0 Å². The fraction of sp³-hybridized carbons (Fsp3) is 1.00. The molecule has 0 aromatic heterocycles. The van der Waals surface area contributed by atoms with Gasteiger partial charge >= 0.3 is 0 Å². The molecule has 4 atom stereocenters. The standard InChI is InChI=1S/C35H70N4O3/c1-26(2)30-20-27(33(7,8)36-30)23-40-17-14-39(15-18-41-24-28-21-31(3,4)37-34(28,9)10)16-19-42-25-29-22-32(5,6)38(13)35(29,11)12/h26-30,36-37H,14-25H2,1-13H3. The monoisotopic (exact) mass is 595 g/mol. The summed E-state index contributed by atoms with van der Waals surface area (Å²) in [5.74, 6) is 2.28. The topological polar surface area (TPSA) is 58.2 Å². The molecule has 3 aliphatic rings. The van der Waals surface area contributed by atoms with E-state index < -0.39 is 0 Å². The molecule has 7 nitrogen and oxygen atoms in total. The molecule has 4 unspecified atom stereocenters. The van der Waals surface area contributed by atoms with Crippen LogP contribution in [0.25, 0.3) is 0 Å². The highest BCUT2D eigenvalue weighted by Gasteiger charge is 2.49. The van der Waals surface area contributed by atoms with Crippen LogP contribution in [-0.4, -0.2) is 110 Å². The van der Waals surface area contributed by atoms with Gasteiger partial charge in [-0.2, -0.15) is 0 Å². The van der Waals surface area contributed by atoms with E-state index in [0.717, 1.165) is 65.7 Å². The van der Waals surface area contributed by atoms with E-state index >= 15 is 0 Å². The predicted octanol–water partition coefficient (Wildman–Crippen LogP) is 5.43. The van der Waals surface area contributed by atoms with Gasteiger partial charge in [-0.1, -0.05) is 13.8 Å². The van der Waals surface area contributed by atoms with Crippen LogP contribution in [0.1, 0.15) is 102 Å². The van der Waals surface area contributed by atoms with Crippen molar-refractivity contribution in [2.24, 2.45) is 23.7 Å². The van der Waals surface area contributed by atoms with Gasteiger partial charge in [-0.3, -0.25) is 9.80 Å². The minimum Gasteiger partial charge on any atom is -0.380 e. The summed E-state index contributed by atoms with van der Waals surface area (Å²) in [6.07, 6.45) is 3.52. The Morgan fingerprint density at radius 3 is 1.62 bits per heavy atom. The van der Waals surface area contributed by atoms with Gasteiger partial charge in [-0.15, -0.1) is 0 Å². The zero-order valence-electron chi connectivity index (χ0n) is 30.0. The first-order chi connectivity index (χ1) is 19.3. The summed E-state index contributed by atoms with van der Waals surface area (Å²) in [5, 5.41) is 7.62. The number of hydrogen-bond acceptors (Lipinski definition) is 7. The van der Waals surface area contributed by atoms with Crippen molar-refractivity contribution < 1.29 is 14.2 Å². The fourth-order valence-corrected chi connectivity index (χ4v) is 8.03. The van der Waals surface area contributed by atoms with E-state index in [1.807, 2.05) is 0 Å². The van der Waals surface area contributed by atoms with Gasteiger partial charge in [0.2, 0.25) is 0 Å². The summed E-state index contributed by atoms with van der Waals surface area (Å²) < 4.78 is 19.0. The minimum absolute atomic E-state index is 0.110. The molecule has 0 aliphatic carbocycles. The molecular weight excluding hydrogens is 524 g/mol. The molecule has 0 aromatic rings. The van der Waals surface area contributed by atoms with Crippen LogP contribution < -0.4 is 10.6 Å². The average molecular weight is 595 g/mol. The van der Waals surface area contributed by atoms with Gasteiger partial charge in [0, 0.05) is 71.1 Å². The largest absolute Gasteiger partial charge is 0.380 e. The van der Waals surface area contributed by atoms with Gasteiger partial charge in [-0.25, -0.2) is 0 Å². The third-order valence-electron chi connectivity index (χ3n) is 11.5. The van der Waals surface area contributed by atoms with Crippen LogP contribution in [0.5, 0.6) is 0 Å². The zero-order chi connectivity index (χ0) is 31.6. The number of hydrogen-bond donors (Lipinski definition) is 2. The Kier molecular flexibility index (Phi) is 12.1. The summed E-state index contributed by atoms with van der Waals surface area (Å²) in [5.41, 5.74) is 0.785. The van der Waals surface area contributed by atoms with Crippen molar-refractivity contribution >= 4 is 0 Å². The highest BCUT2D eigenvalue weighted by atomic mass is 16.5. The Morgan fingerprint density at radius 2 is 1.21 bits per heavy atom. The first-order valence-electron chi connectivity index (χ1n) is 17.0. The van der Waals surface area contributed by atoms with Crippen molar-refractivity contribution in [3.8, 4) is 0 Å². The minimum atomic E-state index is 0.110. The Hall–Kier alpha value is -0.280. The number of nitrogens with one attached hydrogen (secondary N) is 2. The molecule has 3 heterocycles. The van der Waals surface area contributed by atoms with Crippen molar-refractivity contribution in [2.45, 2.75) is 136 Å². The van der Waals surface area contributed by atoms with Crippen molar-refractivity contribution in [3.63, 3.8) is 0 Å². The summed E-state index contributed by atoms with van der Waals surface area (Å²) in [6.45, 7) is 35.4. The fourth-order valence-electron chi connectivity index (χ4n) is 8.03. The SMILES string of the molecule is CC(C)C1CC(COCCN(CCOCC2CC(C)(C)NC2(C)C)CCOCC2CC(C)(C)N(C)C2(C)C)C(C)(C)N1. The molecular formula is C35H70N4O3. The van der Waals surface area contributed by atoms with E-state index in [4.69, 9.17) is 14.2 Å². The molecule has 248 valence electrons. The Balaban J connectivity index is 1.46. The molecule has 0 radical (unpaired) electrons. The second-order valence-corrected chi connectivity index (χ2v) is 17.3. The first-order valence-corrected chi connectivity index (χ1v) is 17.0. The molecule has 0 saturated carbocycles. The van der Waals surface area contributed by atoms with Gasteiger partial charge in [0.25, 0.3) is 0 Å². The lowest BCUT2D eigenvalue weighted by molar-refractivity contribution is 0.0179. The molecule has 42 heavy (non-hydrogen) atoms. The van der Waals surface area contributed by atoms with E-state index in [1.165, 1.54) is 12.8 Å². The highest BCUT2D eigenvalue weighted by molar-refractivity contribution is 5.04. The van der Waals surface area contributed by atoms with Gasteiger partial charge in [0.1, 0.15) is 0 Å². The molecule has 0 spiro atoms. The number of rotatable bonds is 16. The summed E-state index contributed by atoms with van der Waals surface area (Å²) in [6, 6.07) is 0.584. The molecule has 0 aromatic carbocycles. The molecule has 0 amide bonds. The summed E-state index contributed by atoms with van der Waals surface area (Å²) in [7, 11) is 2.26. The van der Waals surface area contributed by atoms with Crippen LogP contribution in [0.2, 0.25) is 0 Å². The number of likely N-dealkylation sites (tertiary alicyclic amines) is 1. The van der Waals surface area contributed by atoms with Crippen LogP contribution in [0.4, 0.5) is 0 Å². The van der Waals surface area contributed by atoms with Crippen molar-refractivity contribution in [2.75, 3.05) is 66.3 Å². The maximum absolute atomic E-state index is 6.35. The van der Waals surface area contributed by atoms with Crippen LogP contribution in [0, 0.1) is 23.7 Å². The zero-order valence-corrected chi connectivity index (χ0v) is 30.0. The molecule has 3 fully saturated rings. The summed E-state index contributed by atoms with van der Waals surface area (Å²) >= 11 is 0. The molecule has 3 rings (SSSR count). The lowest BCUT2D eigenvalue weighted by atomic mass is 9.88. The van der Waals surface area contributed by atoms with Crippen LogP contribution in [-0.2, 0) is 14.2 Å². The smallest absolute Gasteiger partial charge is 0.0593 e. The van der Waals surface area contributed by atoms with E-state index in [-0.39, 0.29) is 27.7 Å². The number of nitrogens with zero attached hydrogens (tertiary/aromatic N) is 2. The van der Waals surface area contributed by atoms with Gasteiger partial charge in [-0.05, 0) is 101 Å². The molecule has 0 bridgehead atoms. The Morgan fingerprint density at radius 1 is 0.714 bits per heavy atom. The van der Waals surface area contributed by atoms with Gasteiger partial charge in [0.05, 0.1) is 39.6 Å². The third-order valence-corrected chi connectivity index (χ3v) is 11.5. The Bertz CT molecular complexity index is 840. The average Bonchev–Trinajstić information content (AvgIpc) is 3.34. The molecule has 3 saturated heterocycles. The maximum atomic E-state index is 6.35. The lowest BCUT2D eigenvalue weighted by Crippen LogP contribution is -2.47. The van der Waals surface area contributed by atoms with Crippen LogP contribution in [0.15, 0.2) is 0 Å². The lowest BCUT2D eigenvalue weighted by Gasteiger charge is -2.38. The Labute approximate surface area is 260 Å². The van der Waals surface area contributed by atoms with E-state index in [0.29, 0.717) is 29.7 Å². The molecule has 2 N–H and O–H groups in total. The maximum Gasteiger partial charge on any atom is 0.0593 e. The molecule has 7 heteroatoms. The second kappa shape index (κ2) is 14.0. The first kappa shape index (κ1) is 36.2. The van der Waals surface area contributed by atoms with Gasteiger partial charge in [0.15, 0.2) is 0 Å². The molecule has 3 aliphatic heterocycles. The van der Waals surface area contributed by atoms with E-state index in [1.54, 1.807) is 0 Å². The van der Waals surface area contributed by atoms with Crippen molar-refractivity contribution in [1.29, 1.82) is 0 Å². The third kappa shape index (κ3) is 9.37. The quantitative estimate of drug-likeness (QED) is 0.231. The van der Waals surface area contributed by atoms with Gasteiger partial charge < -0.3 is 24.8 Å². The van der Waals surface area contributed by atoms with E-state index in [9.17, 15) is 0 Å². The number of ether oxygens (including phenoxy) is 3.